The summed E-state index contributed by atoms with van der Waals surface area (Å²) in [7, 11) is 1.78. The van der Waals surface area contributed by atoms with Gasteiger partial charge in [0, 0.05) is 38.2 Å². The molecule has 0 radical (unpaired) electrons. The van der Waals surface area contributed by atoms with Crippen molar-refractivity contribution < 1.29 is 9.15 Å². The van der Waals surface area contributed by atoms with Gasteiger partial charge in [0.25, 0.3) is 0 Å². The summed E-state index contributed by atoms with van der Waals surface area (Å²) in [5.74, 6) is 0.833. The second-order valence-electron chi connectivity index (χ2n) is 5.36. The van der Waals surface area contributed by atoms with Gasteiger partial charge < -0.3 is 14.9 Å². The summed E-state index contributed by atoms with van der Waals surface area (Å²) in [5.41, 5.74) is 7.00. The third-order valence-corrected chi connectivity index (χ3v) is 4.95. The van der Waals surface area contributed by atoms with Crippen LogP contribution in [0, 0.1) is 0 Å². The largest absolute Gasteiger partial charge is 0.462 e. The van der Waals surface area contributed by atoms with Crippen LogP contribution < -0.4 is 5.73 Å². The van der Waals surface area contributed by atoms with Gasteiger partial charge in [-0.05, 0) is 25.0 Å². The normalized spacial score (nSPS) is 21.5. The smallest absolute Gasteiger partial charge is 0.162 e. The van der Waals surface area contributed by atoms with Gasteiger partial charge >= 0.3 is 0 Å². The summed E-state index contributed by atoms with van der Waals surface area (Å²) in [6.07, 6.45) is 4.07. The highest BCUT2D eigenvalue weighted by Crippen LogP contribution is 2.26. The van der Waals surface area contributed by atoms with Crippen LogP contribution in [0.5, 0.6) is 0 Å². The van der Waals surface area contributed by atoms with Gasteiger partial charge in [0.05, 0.1) is 18.1 Å². The number of nitrogens with two attached hydrogens (primary N) is 1. The maximum absolute atomic E-state index is 5.92. The maximum Gasteiger partial charge on any atom is 0.162 e. The quantitative estimate of drug-likeness (QED) is 0.863. The molecule has 2 N–H and O–H groups in total. The monoisotopic (exact) mass is 379 g/mol. The summed E-state index contributed by atoms with van der Waals surface area (Å²) in [6, 6.07) is 4.20. The minimum Gasteiger partial charge on any atom is -0.462 e. The number of furan rings is 1. The molecule has 0 bridgehead atoms. The number of rotatable bonds is 5. The van der Waals surface area contributed by atoms with Crippen LogP contribution in [-0.4, -0.2) is 42.2 Å². The summed E-state index contributed by atoms with van der Waals surface area (Å²) in [6.45, 7) is 2.51. The highest BCUT2D eigenvalue weighted by molar-refractivity contribution is 7.13. The zero-order valence-corrected chi connectivity index (χ0v) is 15.5. The lowest BCUT2D eigenvalue weighted by Crippen LogP contribution is -2.48. The molecule has 2 unspecified atom stereocenters. The van der Waals surface area contributed by atoms with Crippen LogP contribution in [0.2, 0.25) is 0 Å². The minimum atomic E-state index is 0. The van der Waals surface area contributed by atoms with E-state index in [0.29, 0.717) is 18.7 Å². The zero-order chi connectivity index (χ0) is 14.7. The molecule has 5 nitrogen and oxygen atoms in total. The van der Waals surface area contributed by atoms with Gasteiger partial charge in [-0.2, -0.15) is 0 Å². The Morgan fingerprint density at radius 1 is 1.48 bits per heavy atom. The Bertz CT molecular complexity index is 565. The van der Waals surface area contributed by atoms with Crippen molar-refractivity contribution in [2.24, 2.45) is 5.73 Å². The molecule has 2 aromatic rings. The molecule has 8 heteroatoms. The summed E-state index contributed by atoms with van der Waals surface area (Å²) >= 11 is 1.62. The Balaban J connectivity index is 0.00000132. The highest BCUT2D eigenvalue weighted by atomic mass is 35.5. The first kappa shape index (κ1) is 20.4. The van der Waals surface area contributed by atoms with E-state index >= 15 is 0 Å². The molecule has 0 aliphatic carbocycles. The highest BCUT2D eigenvalue weighted by Gasteiger charge is 2.28. The lowest BCUT2D eigenvalue weighted by atomic mass is 9.99. The first-order valence-electron chi connectivity index (χ1n) is 7.25. The molecular formula is C15H23Cl2N3O2S. The maximum atomic E-state index is 5.92. The number of nitrogens with zero attached hydrogens (tertiary/aromatic N) is 2. The lowest BCUT2D eigenvalue weighted by Gasteiger charge is -2.38. The number of hydrogen-bond acceptors (Lipinski definition) is 6. The second kappa shape index (κ2) is 9.61. The Hall–Kier alpha value is -0.630. The van der Waals surface area contributed by atoms with E-state index in [9.17, 15) is 0 Å². The fourth-order valence-electron chi connectivity index (χ4n) is 2.83. The van der Waals surface area contributed by atoms with E-state index < -0.39 is 0 Å². The molecule has 1 aliphatic heterocycles. The summed E-state index contributed by atoms with van der Waals surface area (Å²) < 4.78 is 10.9. The van der Waals surface area contributed by atoms with Gasteiger partial charge in [-0.25, -0.2) is 4.98 Å². The molecule has 130 valence electrons. The van der Waals surface area contributed by atoms with E-state index in [-0.39, 0.29) is 24.8 Å². The van der Waals surface area contributed by atoms with Crippen molar-refractivity contribution in [1.82, 2.24) is 9.88 Å². The van der Waals surface area contributed by atoms with Crippen molar-refractivity contribution >= 4 is 36.2 Å². The number of halogens is 2. The van der Waals surface area contributed by atoms with Crippen molar-refractivity contribution in [3.05, 3.63) is 29.5 Å². The van der Waals surface area contributed by atoms with Gasteiger partial charge in [0.15, 0.2) is 10.8 Å². The van der Waals surface area contributed by atoms with Crippen molar-refractivity contribution in [3.8, 4) is 10.8 Å². The average molecular weight is 380 g/mol. The summed E-state index contributed by atoms with van der Waals surface area (Å²) in [4.78, 5) is 7.08. The number of hydrogen-bond donors (Lipinski definition) is 1. The summed E-state index contributed by atoms with van der Waals surface area (Å²) in [5, 5.41) is 3.04. The number of aromatic nitrogens is 1. The van der Waals surface area contributed by atoms with Crippen LogP contribution in [-0.2, 0) is 11.3 Å². The molecule has 3 rings (SSSR count). The Morgan fingerprint density at radius 2 is 2.30 bits per heavy atom. The number of likely N-dealkylation sites (tertiary alicyclic amines) is 1. The standard InChI is InChI=1S/C15H21N3O2S.2ClH/c1-19-13-4-5-18(12(7-13)8-16)9-11-10-21-15(17-11)14-3-2-6-20-14;;/h2-3,6,10,12-13H,4-5,7-9,16H2,1H3;2*1H. The molecule has 1 saturated heterocycles. The molecule has 0 saturated carbocycles. The van der Waals surface area contributed by atoms with Gasteiger partial charge in [0.1, 0.15) is 0 Å². The first-order chi connectivity index (χ1) is 10.3. The Kier molecular flexibility index (Phi) is 8.53. The number of ether oxygens (including phenoxy) is 1. The molecule has 0 amide bonds. The Morgan fingerprint density at radius 3 is 2.96 bits per heavy atom. The van der Waals surface area contributed by atoms with E-state index in [0.717, 1.165) is 42.4 Å². The average Bonchev–Trinajstić information content (AvgIpc) is 3.18. The van der Waals surface area contributed by atoms with Crippen LogP contribution >= 0.6 is 36.2 Å². The zero-order valence-electron chi connectivity index (χ0n) is 13.0. The molecule has 2 atom stereocenters. The van der Waals surface area contributed by atoms with Gasteiger partial charge in [-0.1, -0.05) is 0 Å². The number of methoxy groups -OCH3 is 1. The predicted octanol–water partition coefficient (Wildman–Crippen LogP) is 3.18. The number of thiazole rings is 1. The SMILES string of the molecule is COC1CCN(Cc2csc(-c3ccco3)n2)C(CN)C1.Cl.Cl. The van der Waals surface area contributed by atoms with Crippen molar-refractivity contribution in [3.63, 3.8) is 0 Å². The van der Waals surface area contributed by atoms with Crippen LogP contribution in [0.4, 0.5) is 0 Å². The molecular weight excluding hydrogens is 357 g/mol. The van der Waals surface area contributed by atoms with E-state index in [1.54, 1.807) is 24.7 Å². The van der Waals surface area contributed by atoms with Crippen LogP contribution in [0.3, 0.4) is 0 Å². The minimum absolute atomic E-state index is 0. The molecule has 3 heterocycles. The van der Waals surface area contributed by atoms with Crippen molar-refractivity contribution in [2.45, 2.75) is 31.5 Å². The van der Waals surface area contributed by atoms with E-state index in [4.69, 9.17) is 14.9 Å². The van der Waals surface area contributed by atoms with Crippen LogP contribution in [0.25, 0.3) is 10.8 Å². The van der Waals surface area contributed by atoms with E-state index in [2.05, 4.69) is 15.3 Å². The van der Waals surface area contributed by atoms with E-state index in [1.807, 2.05) is 12.1 Å². The van der Waals surface area contributed by atoms with E-state index in [1.165, 1.54) is 0 Å². The third-order valence-electron chi connectivity index (χ3n) is 4.04. The molecule has 1 aliphatic rings. The van der Waals surface area contributed by atoms with Crippen LogP contribution in [0.15, 0.2) is 28.2 Å². The number of piperidine rings is 1. The second-order valence-corrected chi connectivity index (χ2v) is 6.22. The molecule has 23 heavy (non-hydrogen) atoms. The fourth-order valence-corrected chi connectivity index (χ4v) is 3.61. The molecule has 1 fully saturated rings. The molecule has 0 aromatic carbocycles. The van der Waals surface area contributed by atoms with Gasteiger partial charge in [-0.15, -0.1) is 36.2 Å². The van der Waals surface area contributed by atoms with Crippen molar-refractivity contribution in [2.75, 3.05) is 20.2 Å². The molecule has 0 spiro atoms. The molecule has 2 aromatic heterocycles. The van der Waals surface area contributed by atoms with Crippen molar-refractivity contribution in [1.29, 1.82) is 0 Å². The first-order valence-corrected chi connectivity index (χ1v) is 8.13. The Labute approximate surface area is 153 Å². The fraction of sp³-hybridized carbons (Fsp3) is 0.533. The van der Waals surface area contributed by atoms with Gasteiger partial charge in [-0.3, -0.25) is 4.90 Å². The van der Waals surface area contributed by atoms with Gasteiger partial charge in [0.2, 0.25) is 0 Å². The van der Waals surface area contributed by atoms with Crippen LogP contribution in [0.1, 0.15) is 18.5 Å². The third kappa shape index (κ3) is 4.92. The topological polar surface area (TPSA) is 64.5 Å². The predicted molar refractivity (Wildman–Crippen MR) is 97.6 cm³/mol. The lowest BCUT2D eigenvalue weighted by molar-refractivity contribution is 0.00985.